The third kappa shape index (κ3) is 4.15. The van der Waals surface area contributed by atoms with Crippen LogP contribution in [0.25, 0.3) is 0 Å². The quantitative estimate of drug-likeness (QED) is 0.548. The van der Waals surface area contributed by atoms with Crippen LogP contribution in [-0.2, 0) is 11.3 Å². The Morgan fingerprint density at radius 1 is 1.15 bits per heavy atom. The molecule has 1 amide bonds. The Hall–Kier alpha value is -2.57. The minimum atomic E-state index is -0.735. The molecule has 0 bridgehead atoms. The summed E-state index contributed by atoms with van der Waals surface area (Å²) < 4.78 is 13.9. The zero-order chi connectivity index (χ0) is 18.7. The van der Waals surface area contributed by atoms with E-state index in [1.54, 1.807) is 12.1 Å². The number of hydrogen-bond acceptors (Lipinski definition) is 4. The minimum absolute atomic E-state index is 0.377. The van der Waals surface area contributed by atoms with Crippen LogP contribution in [0.4, 0.5) is 15.8 Å². The molecule has 7 heteroatoms. The second-order valence-corrected chi connectivity index (χ2v) is 7.59. The summed E-state index contributed by atoms with van der Waals surface area (Å²) in [6.45, 7) is 0.618. The predicted octanol–water partition coefficient (Wildman–Crippen LogP) is 4.35. The molecule has 2 aromatic carbocycles. The highest BCUT2D eigenvalue weighted by molar-refractivity contribution is 7.16. The molecule has 3 rings (SSSR count). The Bertz CT molecular complexity index is 927. The van der Waals surface area contributed by atoms with E-state index in [1.165, 1.54) is 35.6 Å². The van der Waals surface area contributed by atoms with Gasteiger partial charge in [0, 0.05) is 22.8 Å². The number of nitrogens with one attached hydrogen (secondary N) is 1. The number of benzene rings is 2. The molecule has 1 atom stereocenters. The van der Waals surface area contributed by atoms with E-state index < -0.39 is 11.8 Å². The van der Waals surface area contributed by atoms with Gasteiger partial charge in [-0.1, -0.05) is 29.8 Å². The number of primary amides is 1. The van der Waals surface area contributed by atoms with Crippen molar-refractivity contribution in [1.82, 2.24) is 0 Å². The number of nitrogens with two attached hydrogens (primary N) is 2. The maximum absolute atomic E-state index is 13.2. The van der Waals surface area contributed by atoms with Crippen molar-refractivity contribution in [1.29, 1.82) is 0 Å². The number of thiophene rings is 1. The average Bonchev–Trinajstić information content (AvgIpc) is 3.02. The molecule has 26 heavy (non-hydrogen) atoms. The maximum atomic E-state index is 13.2. The second kappa shape index (κ2) is 7.76. The maximum Gasteiger partial charge on any atom is 0.229 e. The van der Waals surface area contributed by atoms with Crippen LogP contribution in [0.1, 0.15) is 21.9 Å². The molecule has 0 saturated carbocycles. The molecule has 4 nitrogen and oxygen atoms in total. The van der Waals surface area contributed by atoms with Gasteiger partial charge in [-0.25, -0.2) is 4.39 Å². The number of rotatable bonds is 6. The van der Waals surface area contributed by atoms with Gasteiger partial charge in [-0.05, 0) is 47.5 Å². The summed E-state index contributed by atoms with van der Waals surface area (Å²) in [6.07, 6.45) is 0. The van der Waals surface area contributed by atoms with Gasteiger partial charge in [0.2, 0.25) is 5.91 Å². The van der Waals surface area contributed by atoms with Crippen molar-refractivity contribution in [2.45, 2.75) is 12.5 Å². The largest absolute Gasteiger partial charge is 0.398 e. The first-order valence-electron chi connectivity index (χ1n) is 7.86. The molecule has 1 unspecified atom stereocenters. The van der Waals surface area contributed by atoms with Crippen molar-refractivity contribution in [2.24, 2.45) is 5.73 Å². The lowest BCUT2D eigenvalue weighted by Gasteiger charge is -2.18. The van der Waals surface area contributed by atoms with Crippen molar-refractivity contribution in [3.05, 3.63) is 80.8 Å². The first kappa shape index (κ1) is 18.2. The first-order chi connectivity index (χ1) is 12.4. The molecule has 0 radical (unpaired) electrons. The molecule has 0 aliphatic carbocycles. The van der Waals surface area contributed by atoms with Crippen LogP contribution in [0.15, 0.2) is 54.6 Å². The van der Waals surface area contributed by atoms with Crippen LogP contribution < -0.4 is 16.8 Å². The topological polar surface area (TPSA) is 81.1 Å². The number of halogens is 2. The lowest BCUT2D eigenvalue weighted by atomic mass is 9.89. The third-order valence-corrected chi connectivity index (χ3v) is 5.21. The van der Waals surface area contributed by atoms with Crippen LogP contribution in [0.2, 0.25) is 4.34 Å². The summed E-state index contributed by atoms with van der Waals surface area (Å²) in [6, 6.07) is 14.8. The molecule has 134 valence electrons. The predicted molar refractivity (Wildman–Crippen MR) is 105 cm³/mol. The molecular formula is C19H17ClFN3OS. The number of amides is 1. The zero-order valence-electron chi connectivity index (χ0n) is 13.7. The van der Waals surface area contributed by atoms with Crippen molar-refractivity contribution >= 4 is 40.2 Å². The van der Waals surface area contributed by atoms with Gasteiger partial charge < -0.3 is 16.8 Å². The van der Waals surface area contributed by atoms with E-state index in [1.807, 2.05) is 18.2 Å². The summed E-state index contributed by atoms with van der Waals surface area (Å²) in [4.78, 5) is 13.1. The molecule has 3 aromatic rings. The van der Waals surface area contributed by atoms with Gasteiger partial charge in [0.25, 0.3) is 0 Å². The van der Waals surface area contributed by atoms with Crippen LogP contribution in [0.3, 0.4) is 0 Å². The second-order valence-electron chi connectivity index (χ2n) is 5.79. The highest BCUT2D eigenvalue weighted by Gasteiger charge is 2.22. The zero-order valence-corrected chi connectivity index (χ0v) is 15.3. The first-order valence-corrected chi connectivity index (χ1v) is 9.06. The fraction of sp³-hybridized carbons (Fsp3) is 0.105. The van der Waals surface area contributed by atoms with Gasteiger partial charge in [-0.2, -0.15) is 0 Å². The van der Waals surface area contributed by atoms with Crippen molar-refractivity contribution in [2.75, 3.05) is 11.1 Å². The summed E-state index contributed by atoms with van der Waals surface area (Å²) in [5, 5.41) is 3.26. The van der Waals surface area contributed by atoms with E-state index in [4.69, 9.17) is 23.1 Å². The number of hydrogen-bond donors (Lipinski definition) is 3. The van der Waals surface area contributed by atoms with Crippen LogP contribution >= 0.6 is 22.9 Å². The SMILES string of the molecule is NC(=O)C(c1ccc(F)cc1)c1ccc(NCc2ccc(Cl)s2)cc1N. The van der Waals surface area contributed by atoms with E-state index in [0.717, 1.165) is 14.9 Å². The van der Waals surface area contributed by atoms with E-state index in [-0.39, 0.29) is 5.82 Å². The van der Waals surface area contributed by atoms with E-state index >= 15 is 0 Å². The van der Waals surface area contributed by atoms with Gasteiger partial charge >= 0.3 is 0 Å². The molecule has 5 N–H and O–H groups in total. The standard InChI is InChI=1S/C19H17ClFN3OS/c20-17-8-6-14(26-17)10-24-13-5-7-15(16(22)9-13)18(19(23)25)11-1-3-12(21)4-2-11/h1-9,18,24H,10,22H2,(H2,23,25). The lowest BCUT2D eigenvalue weighted by Crippen LogP contribution is -2.23. The highest BCUT2D eigenvalue weighted by Crippen LogP contribution is 2.31. The highest BCUT2D eigenvalue weighted by atomic mass is 35.5. The summed E-state index contributed by atoms with van der Waals surface area (Å²) in [5.41, 5.74) is 14.2. The van der Waals surface area contributed by atoms with Gasteiger partial charge in [0.05, 0.1) is 10.3 Å². The molecule has 0 aliphatic heterocycles. The molecule has 0 saturated heterocycles. The molecule has 0 aliphatic rings. The minimum Gasteiger partial charge on any atom is -0.398 e. The number of anilines is 2. The van der Waals surface area contributed by atoms with Crippen LogP contribution in [0, 0.1) is 5.82 Å². The lowest BCUT2D eigenvalue weighted by molar-refractivity contribution is -0.118. The Balaban J connectivity index is 1.82. The molecular weight excluding hydrogens is 373 g/mol. The fourth-order valence-electron chi connectivity index (χ4n) is 2.74. The number of carbonyl (C=O) groups is 1. The summed E-state index contributed by atoms with van der Waals surface area (Å²) in [7, 11) is 0. The van der Waals surface area contributed by atoms with Gasteiger partial charge in [0.15, 0.2) is 0 Å². The normalized spacial score (nSPS) is 11.9. The monoisotopic (exact) mass is 389 g/mol. The Labute approximate surface area is 159 Å². The van der Waals surface area contributed by atoms with Crippen molar-refractivity contribution < 1.29 is 9.18 Å². The van der Waals surface area contributed by atoms with Crippen molar-refractivity contribution in [3.8, 4) is 0 Å². The Morgan fingerprint density at radius 2 is 1.88 bits per heavy atom. The fourth-order valence-corrected chi connectivity index (χ4v) is 3.76. The average molecular weight is 390 g/mol. The number of nitrogen functional groups attached to an aromatic ring is 1. The van der Waals surface area contributed by atoms with Gasteiger partial charge in [-0.3, -0.25) is 4.79 Å². The van der Waals surface area contributed by atoms with Gasteiger partial charge in [0.1, 0.15) is 5.82 Å². The Morgan fingerprint density at radius 3 is 2.46 bits per heavy atom. The molecule has 1 aromatic heterocycles. The van der Waals surface area contributed by atoms with E-state index in [0.29, 0.717) is 23.4 Å². The van der Waals surface area contributed by atoms with Crippen molar-refractivity contribution in [3.63, 3.8) is 0 Å². The van der Waals surface area contributed by atoms with E-state index in [9.17, 15) is 9.18 Å². The summed E-state index contributed by atoms with van der Waals surface area (Å²) >= 11 is 7.43. The number of carbonyl (C=O) groups excluding carboxylic acids is 1. The van der Waals surface area contributed by atoms with Gasteiger partial charge in [-0.15, -0.1) is 11.3 Å². The van der Waals surface area contributed by atoms with Crippen LogP contribution in [-0.4, -0.2) is 5.91 Å². The molecule has 0 fully saturated rings. The third-order valence-electron chi connectivity index (χ3n) is 3.98. The Kier molecular flexibility index (Phi) is 5.44. The molecule has 0 spiro atoms. The summed E-state index contributed by atoms with van der Waals surface area (Å²) in [5.74, 6) is -1.66. The van der Waals surface area contributed by atoms with E-state index in [2.05, 4.69) is 5.32 Å². The molecule has 1 heterocycles. The smallest absolute Gasteiger partial charge is 0.229 e. The van der Waals surface area contributed by atoms with Crippen LogP contribution in [0.5, 0.6) is 0 Å².